The van der Waals surface area contributed by atoms with Crippen molar-refractivity contribution >= 4 is 10.8 Å². The molecule has 0 amide bonds. The van der Waals surface area contributed by atoms with Crippen LogP contribution in [0.1, 0.15) is 25.0 Å². The van der Waals surface area contributed by atoms with E-state index < -0.39 is 0 Å². The van der Waals surface area contributed by atoms with Gasteiger partial charge in [-0.25, -0.2) is 9.97 Å². The highest BCUT2D eigenvalue weighted by atomic mass is 14.9. The van der Waals surface area contributed by atoms with Gasteiger partial charge in [-0.05, 0) is 73.5 Å². The monoisotopic (exact) mass is 626 g/mol. The van der Waals surface area contributed by atoms with Crippen LogP contribution in [0, 0.1) is 0 Å². The van der Waals surface area contributed by atoms with Crippen LogP contribution in [0.25, 0.3) is 78.1 Å². The molecule has 9 rings (SSSR count). The molecular formula is C47H34N2. The molecule has 1 aliphatic rings. The van der Waals surface area contributed by atoms with E-state index in [9.17, 15) is 0 Å². The summed E-state index contributed by atoms with van der Waals surface area (Å²) in [6.45, 7) is 4.73. The summed E-state index contributed by atoms with van der Waals surface area (Å²) in [5.74, 6) is 0.714. The van der Waals surface area contributed by atoms with Crippen molar-refractivity contribution in [2.75, 3.05) is 0 Å². The molecule has 2 heteroatoms. The van der Waals surface area contributed by atoms with E-state index in [1.807, 2.05) is 12.1 Å². The summed E-state index contributed by atoms with van der Waals surface area (Å²) in [6, 6.07) is 60.6. The van der Waals surface area contributed by atoms with Crippen molar-refractivity contribution in [3.63, 3.8) is 0 Å². The molecule has 0 radical (unpaired) electrons. The average molecular weight is 627 g/mol. The van der Waals surface area contributed by atoms with Gasteiger partial charge < -0.3 is 0 Å². The summed E-state index contributed by atoms with van der Waals surface area (Å²) in [7, 11) is 0. The summed E-state index contributed by atoms with van der Waals surface area (Å²) in [4.78, 5) is 10.2. The van der Waals surface area contributed by atoms with E-state index in [4.69, 9.17) is 9.97 Å². The number of hydrogen-bond acceptors (Lipinski definition) is 2. The Kier molecular flexibility index (Phi) is 6.84. The maximum absolute atomic E-state index is 5.16. The van der Waals surface area contributed by atoms with E-state index in [1.165, 1.54) is 55.3 Å². The van der Waals surface area contributed by atoms with Crippen LogP contribution in [0.2, 0.25) is 0 Å². The van der Waals surface area contributed by atoms with Gasteiger partial charge in [-0.15, -0.1) is 0 Å². The lowest BCUT2D eigenvalue weighted by molar-refractivity contribution is 0.666. The van der Waals surface area contributed by atoms with Crippen molar-refractivity contribution < 1.29 is 0 Å². The van der Waals surface area contributed by atoms with Gasteiger partial charge in [0.2, 0.25) is 0 Å². The molecule has 0 atom stereocenters. The van der Waals surface area contributed by atoms with Gasteiger partial charge in [0.05, 0.1) is 11.4 Å². The van der Waals surface area contributed by atoms with Gasteiger partial charge in [0.25, 0.3) is 0 Å². The third-order valence-corrected chi connectivity index (χ3v) is 10.1. The zero-order valence-electron chi connectivity index (χ0n) is 27.6. The van der Waals surface area contributed by atoms with E-state index in [1.54, 1.807) is 0 Å². The topological polar surface area (TPSA) is 25.8 Å². The quantitative estimate of drug-likeness (QED) is 0.190. The smallest absolute Gasteiger partial charge is 0.160 e. The average Bonchev–Trinajstić information content (AvgIpc) is 3.41. The van der Waals surface area contributed by atoms with Crippen LogP contribution in [-0.4, -0.2) is 9.97 Å². The Balaban J connectivity index is 1.12. The van der Waals surface area contributed by atoms with Gasteiger partial charge >= 0.3 is 0 Å². The Morgan fingerprint density at radius 1 is 0.388 bits per heavy atom. The van der Waals surface area contributed by atoms with Crippen molar-refractivity contribution in [1.29, 1.82) is 0 Å². The highest BCUT2D eigenvalue weighted by Crippen LogP contribution is 2.52. The molecule has 2 nitrogen and oxygen atoms in total. The maximum atomic E-state index is 5.16. The van der Waals surface area contributed by atoms with E-state index >= 15 is 0 Å². The minimum absolute atomic E-state index is 0.110. The lowest BCUT2D eigenvalue weighted by atomic mass is 9.79. The first kappa shape index (κ1) is 29.1. The van der Waals surface area contributed by atoms with Gasteiger partial charge in [-0.3, -0.25) is 0 Å². The van der Waals surface area contributed by atoms with Crippen molar-refractivity contribution in [3.05, 3.63) is 181 Å². The molecule has 0 bridgehead atoms. The van der Waals surface area contributed by atoms with Crippen LogP contribution in [0.15, 0.2) is 170 Å². The first-order valence-electron chi connectivity index (χ1n) is 16.9. The third-order valence-electron chi connectivity index (χ3n) is 10.1. The number of aromatic nitrogens is 2. The molecule has 0 saturated heterocycles. The normalized spacial score (nSPS) is 12.9. The Hall–Kier alpha value is -6.12. The fourth-order valence-corrected chi connectivity index (χ4v) is 7.56. The highest BCUT2D eigenvalue weighted by Gasteiger charge is 2.37. The zero-order chi connectivity index (χ0) is 33.0. The highest BCUT2D eigenvalue weighted by molar-refractivity contribution is 5.98. The van der Waals surface area contributed by atoms with Crippen molar-refractivity contribution in [2.45, 2.75) is 19.3 Å². The van der Waals surface area contributed by atoms with E-state index in [-0.39, 0.29) is 5.41 Å². The van der Waals surface area contributed by atoms with E-state index in [0.29, 0.717) is 5.82 Å². The summed E-state index contributed by atoms with van der Waals surface area (Å²) in [5, 5.41) is 2.63. The Morgan fingerprint density at radius 3 is 1.71 bits per heavy atom. The summed E-state index contributed by atoms with van der Waals surface area (Å²) < 4.78 is 0. The van der Waals surface area contributed by atoms with Gasteiger partial charge in [0.1, 0.15) is 0 Å². The molecule has 0 spiro atoms. The Labute approximate surface area is 287 Å². The third kappa shape index (κ3) is 5.05. The predicted octanol–water partition coefficient (Wildman–Crippen LogP) is 12.3. The maximum Gasteiger partial charge on any atom is 0.160 e. The molecule has 1 aromatic heterocycles. The number of benzene rings is 7. The van der Waals surface area contributed by atoms with E-state index in [0.717, 1.165) is 28.1 Å². The lowest BCUT2D eigenvalue weighted by Gasteiger charge is -2.23. The molecule has 7 aromatic carbocycles. The summed E-state index contributed by atoms with van der Waals surface area (Å²) in [6.07, 6.45) is 0. The van der Waals surface area contributed by atoms with Gasteiger partial charge in [-0.1, -0.05) is 166 Å². The SMILES string of the molecule is CC1(C)c2cc(-c3cccc(-c4cc(-c5ccccc5)nc(-c5ccc(-c6ccccc6)cc5)n4)c3)ccc2-c2ccc3ccccc3c21. The van der Waals surface area contributed by atoms with Crippen LogP contribution in [0.4, 0.5) is 0 Å². The molecule has 0 unspecified atom stereocenters. The zero-order valence-corrected chi connectivity index (χ0v) is 27.6. The lowest BCUT2D eigenvalue weighted by Crippen LogP contribution is -2.15. The largest absolute Gasteiger partial charge is 0.228 e. The predicted molar refractivity (Wildman–Crippen MR) is 204 cm³/mol. The molecular weight excluding hydrogens is 593 g/mol. The second-order valence-electron chi connectivity index (χ2n) is 13.4. The van der Waals surface area contributed by atoms with Crippen molar-refractivity contribution in [2.24, 2.45) is 0 Å². The second kappa shape index (κ2) is 11.5. The fourth-order valence-electron chi connectivity index (χ4n) is 7.56. The fraction of sp³-hybridized carbons (Fsp3) is 0.0638. The molecule has 0 N–H and O–H groups in total. The molecule has 1 heterocycles. The minimum atomic E-state index is -0.110. The Morgan fingerprint density at radius 2 is 0.939 bits per heavy atom. The first-order valence-corrected chi connectivity index (χ1v) is 16.9. The molecule has 232 valence electrons. The van der Waals surface area contributed by atoms with Crippen LogP contribution in [-0.2, 0) is 5.41 Å². The van der Waals surface area contributed by atoms with Crippen LogP contribution in [0.5, 0.6) is 0 Å². The van der Waals surface area contributed by atoms with Gasteiger partial charge in [-0.2, -0.15) is 0 Å². The molecule has 0 aliphatic heterocycles. The minimum Gasteiger partial charge on any atom is -0.228 e. The van der Waals surface area contributed by atoms with E-state index in [2.05, 4.69) is 172 Å². The molecule has 8 aromatic rings. The van der Waals surface area contributed by atoms with Crippen LogP contribution < -0.4 is 0 Å². The van der Waals surface area contributed by atoms with Gasteiger partial charge in [0.15, 0.2) is 5.82 Å². The van der Waals surface area contributed by atoms with Crippen LogP contribution in [0.3, 0.4) is 0 Å². The van der Waals surface area contributed by atoms with Crippen molar-refractivity contribution in [3.8, 4) is 67.3 Å². The summed E-state index contributed by atoms with van der Waals surface area (Å²) in [5.41, 5.74) is 15.0. The molecule has 1 aliphatic carbocycles. The summed E-state index contributed by atoms with van der Waals surface area (Å²) >= 11 is 0. The molecule has 49 heavy (non-hydrogen) atoms. The second-order valence-corrected chi connectivity index (χ2v) is 13.4. The number of rotatable bonds is 5. The number of nitrogens with zero attached hydrogens (tertiary/aromatic N) is 2. The standard InChI is InChI=1S/C47H34N2/c1-47(2)42-29-37(25-26-40(42)41-27-24-33-14-9-10-19-39(33)45(41)47)36-17-11-18-38(28-36)44-30-43(34-15-7-4-8-16-34)48-46(49-44)35-22-20-32(21-23-35)31-12-5-3-6-13-31/h3-30H,1-2H3. The van der Waals surface area contributed by atoms with Crippen molar-refractivity contribution in [1.82, 2.24) is 9.97 Å². The molecule has 0 saturated carbocycles. The van der Waals surface area contributed by atoms with Crippen LogP contribution >= 0.6 is 0 Å². The molecule has 0 fully saturated rings. The number of fused-ring (bicyclic) bond motifs is 5. The Bertz CT molecular complexity index is 2490. The van der Waals surface area contributed by atoms with Gasteiger partial charge in [0, 0.05) is 22.1 Å². The number of hydrogen-bond donors (Lipinski definition) is 0. The first-order chi connectivity index (χ1) is 24.0.